The van der Waals surface area contributed by atoms with Gasteiger partial charge in [0.1, 0.15) is 73.2 Å². The smallest absolute Gasteiger partial charge is 0.187 e. The van der Waals surface area contributed by atoms with Crippen LogP contribution in [0, 0.1) is 0 Å². The lowest BCUT2D eigenvalue weighted by molar-refractivity contribution is -0.364. The van der Waals surface area contributed by atoms with Gasteiger partial charge in [-0.25, -0.2) is 0 Å². The van der Waals surface area contributed by atoms with Crippen molar-refractivity contribution in [3.05, 3.63) is 0 Å². The van der Waals surface area contributed by atoms with Crippen molar-refractivity contribution in [2.75, 3.05) is 26.9 Å². The molecule has 0 aliphatic carbocycles. The second-order valence-corrected chi connectivity index (χ2v) is 8.59. The molecule has 0 spiro atoms. The lowest BCUT2D eigenvalue weighted by Crippen LogP contribution is -2.65. The van der Waals surface area contributed by atoms with Crippen LogP contribution in [-0.4, -0.2) is 170 Å². The molecule has 0 radical (unpaired) electrons. The minimum atomic E-state index is -1.81. The van der Waals surface area contributed by atoms with Crippen LogP contribution in [0.2, 0.25) is 0 Å². The van der Waals surface area contributed by atoms with E-state index >= 15 is 0 Å². The van der Waals surface area contributed by atoms with Gasteiger partial charge >= 0.3 is 0 Å². The van der Waals surface area contributed by atoms with Crippen LogP contribution in [0.15, 0.2) is 0 Å². The Labute approximate surface area is 199 Å². The standard InChI is InChI=1S/C19H34O16/c1-30-17-15(29)16(35-19-14(28)12(26)9(23)6(3-21)33-19)10(24)7(34-17)4-31-18-13(27)11(25)8(22)5(2-20)32-18/h5-29H,2-4H2,1H3/t5-,6-,7-,8-,9-,10-,11+,12+,13+,14+,15+,16+,17?,18?,19?/m1/s1. The summed E-state index contributed by atoms with van der Waals surface area (Å²) < 4.78 is 31.9. The van der Waals surface area contributed by atoms with Gasteiger partial charge in [-0.1, -0.05) is 0 Å². The number of methoxy groups -OCH3 is 1. The number of ether oxygens (including phenoxy) is 6. The minimum Gasteiger partial charge on any atom is -0.394 e. The first-order chi connectivity index (χ1) is 16.5. The first kappa shape index (κ1) is 28.9. The molecule has 0 aromatic carbocycles. The topological polar surface area (TPSA) is 258 Å². The zero-order valence-corrected chi connectivity index (χ0v) is 18.7. The summed E-state index contributed by atoms with van der Waals surface area (Å²) in [5.41, 5.74) is 0. The number of hydrogen-bond acceptors (Lipinski definition) is 16. The molecule has 0 aromatic rings. The fraction of sp³-hybridized carbons (Fsp3) is 1.00. The molecule has 3 heterocycles. The van der Waals surface area contributed by atoms with E-state index < -0.39 is 112 Å². The Bertz CT molecular complexity index is 652. The Kier molecular flexibility index (Phi) is 10.1. The van der Waals surface area contributed by atoms with Gasteiger partial charge in [-0.15, -0.1) is 0 Å². The van der Waals surface area contributed by atoms with Crippen molar-refractivity contribution in [2.24, 2.45) is 0 Å². The first-order valence-electron chi connectivity index (χ1n) is 11.0. The van der Waals surface area contributed by atoms with Gasteiger partial charge in [0, 0.05) is 7.11 Å². The zero-order chi connectivity index (χ0) is 26.0. The quantitative estimate of drug-likeness (QED) is 0.143. The highest BCUT2D eigenvalue weighted by molar-refractivity contribution is 4.95. The van der Waals surface area contributed by atoms with Crippen LogP contribution >= 0.6 is 0 Å². The highest BCUT2D eigenvalue weighted by atomic mass is 16.7. The third-order valence-electron chi connectivity index (χ3n) is 6.29. The number of aliphatic hydroxyl groups excluding tert-OH is 10. The molecule has 0 aromatic heterocycles. The Morgan fingerprint density at radius 2 is 1.03 bits per heavy atom. The van der Waals surface area contributed by atoms with Crippen molar-refractivity contribution < 1.29 is 79.5 Å². The fourth-order valence-corrected chi connectivity index (χ4v) is 4.13. The lowest BCUT2D eigenvalue weighted by atomic mass is 9.97. The van der Waals surface area contributed by atoms with Crippen LogP contribution in [-0.2, 0) is 28.4 Å². The second-order valence-electron chi connectivity index (χ2n) is 8.59. The molecule has 3 aliphatic rings. The lowest BCUT2D eigenvalue weighted by Gasteiger charge is -2.46. The maximum atomic E-state index is 10.8. The van der Waals surface area contributed by atoms with E-state index in [2.05, 4.69) is 0 Å². The van der Waals surface area contributed by atoms with Crippen molar-refractivity contribution in [1.82, 2.24) is 0 Å². The molecule has 10 N–H and O–H groups in total. The minimum absolute atomic E-state index is 0.523. The van der Waals surface area contributed by atoms with Gasteiger partial charge in [0.05, 0.1) is 19.8 Å². The first-order valence-corrected chi connectivity index (χ1v) is 11.0. The van der Waals surface area contributed by atoms with E-state index in [4.69, 9.17) is 28.4 Å². The number of rotatable bonds is 8. The Balaban J connectivity index is 1.69. The Morgan fingerprint density at radius 3 is 1.54 bits per heavy atom. The predicted molar refractivity (Wildman–Crippen MR) is 106 cm³/mol. The average molecular weight is 518 g/mol. The van der Waals surface area contributed by atoms with Gasteiger partial charge in [-0.2, -0.15) is 0 Å². The summed E-state index contributed by atoms with van der Waals surface area (Å²) in [4.78, 5) is 0. The third kappa shape index (κ3) is 5.93. The van der Waals surface area contributed by atoms with E-state index in [1.807, 2.05) is 0 Å². The van der Waals surface area contributed by atoms with Crippen LogP contribution in [0.3, 0.4) is 0 Å². The second kappa shape index (κ2) is 12.3. The molecule has 35 heavy (non-hydrogen) atoms. The summed E-state index contributed by atoms with van der Waals surface area (Å²) in [7, 11) is 1.19. The molecular weight excluding hydrogens is 484 g/mol. The molecule has 3 unspecified atom stereocenters. The summed E-state index contributed by atoms with van der Waals surface area (Å²) in [5.74, 6) is 0. The number of aliphatic hydroxyl groups is 10. The molecule has 3 rings (SSSR count). The average Bonchev–Trinajstić information content (AvgIpc) is 2.85. The Hall–Kier alpha value is -0.640. The molecule has 206 valence electrons. The Morgan fingerprint density at radius 1 is 0.543 bits per heavy atom. The molecule has 0 amide bonds. The maximum absolute atomic E-state index is 10.8. The van der Waals surface area contributed by atoms with Crippen LogP contribution in [0.25, 0.3) is 0 Å². The van der Waals surface area contributed by atoms with E-state index in [0.29, 0.717) is 0 Å². The maximum Gasteiger partial charge on any atom is 0.187 e. The molecule has 0 bridgehead atoms. The van der Waals surface area contributed by atoms with Gasteiger partial charge in [-0.3, -0.25) is 0 Å². The summed E-state index contributed by atoms with van der Waals surface area (Å²) in [6.07, 6.45) is -23.5. The molecule has 3 saturated heterocycles. The largest absolute Gasteiger partial charge is 0.394 e. The van der Waals surface area contributed by atoms with Crippen LogP contribution in [0.1, 0.15) is 0 Å². The highest BCUT2D eigenvalue weighted by Crippen LogP contribution is 2.30. The normalized spacial score (nSPS) is 51.3. The van der Waals surface area contributed by atoms with Crippen LogP contribution in [0.4, 0.5) is 0 Å². The van der Waals surface area contributed by atoms with Crippen molar-refractivity contribution in [1.29, 1.82) is 0 Å². The summed E-state index contributed by atoms with van der Waals surface area (Å²) >= 11 is 0. The fourth-order valence-electron chi connectivity index (χ4n) is 4.13. The van der Waals surface area contributed by atoms with Gasteiger partial charge in [-0.05, 0) is 0 Å². The van der Waals surface area contributed by atoms with Gasteiger partial charge in [0.25, 0.3) is 0 Å². The van der Waals surface area contributed by atoms with Crippen molar-refractivity contribution in [3.8, 4) is 0 Å². The zero-order valence-electron chi connectivity index (χ0n) is 18.7. The van der Waals surface area contributed by atoms with Crippen LogP contribution in [0.5, 0.6) is 0 Å². The molecule has 3 fully saturated rings. The van der Waals surface area contributed by atoms with E-state index in [9.17, 15) is 51.1 Å². The summed E-state index contributed by atoms with van der Waals surface area (Å²) in [5, 5.41) is 99.9. The molecule has 0 saturated carbocycles. The van der Waals surface area contributed by atoms with E-state index in [-0.39, 0.29) is 0 Å². The molecule has 3 aliphatic heterocycles. The van der Waals surface area contributed by atoms with E-state index in [0.717, 1.165) is 0 Å². The molecule has 16 nitrogen and oxygen atoms in total. The van der Waals surface area contributed by atoms with Gasteiger partial charge in [0.15, 0.2) is 18.9 Å². The van der Waals surface area contributed by atoms with E-state index in [1.165, 1.54) is 7.11 Å². The third-order valence-corrected chi connectivity index (χ3v) is 6.29. The van der Waals surface area contributed by atoms with Gasteiger partial charge in [0.2, 0.25) is 0 Å². The summed E-state index contributed by atoms with van der Waals surface area (Å²) in [6.45, 7) is -1.93. The molecular formula is C19H34O16. The predicted octanol–water partition coefficient (Wildman–Crippen LogP) is -6.92. The summed E-state index contributed by atoms with van der Waals surface area (Å²) in [6, 6.07) is 0. The van der Waals surface area contributed by atoms with Crippen LogP contribution < -0.4 is 0 Å². The SMILES string of the molecule is COC1O[C@H](COC2O[C@H](CO)[C@@H](O)[C@H](O)[C@@H]2O)[C@@H](O)[C@H](OC2O[C@H](CO)[C@@H](O)[C@H](O)[C@@H]2O)[C@@H]1O. The molecule has 15 atom stereocenters. The van der Waals surface area contributed by atoms with Crippen molar-refractivity contribution in [2.45, 2.75) is 92.1 Å². The van der Waals surface area contributed by atoms with Crippen molar-refractivity contribution >= 4 is 0 Å². The number of hydrogen-bond donors (Lipinski definition) is 10. The van der Waals surface area contributed by atoms with Crippen molar-refractivity contribution in [3.63, 3.8) is 0 Å². The highest BCUT2D eigenvalue weighted by Gasteiger charge is 2.51. The molecule has 16 heteroatoms. The van der Waals surface area contributed by atoms with Gasteiger partial charge < -0.3 is 79.5 Å². The monoisotopic (exact) mass is 518 g/mol. The van der Waals surface area contributed by atoms with E-state index in [1.54, 1.807) is 0 Å².